The number of hydrogen-bond donors (Lipinski definition) is 1. The molecule has 2 atom stereocenters. The standard InChI is InChI=1S/C12H22FN.ClH/c13-11-8-5-9-14-12(11)10-6-3-1-2-4-7-10;/h10-12,14H,1-9H2;1H. The van der Waals surface area contributed by atoms with Gasteiger partial charge in [-0.05, 0) is 38.1 Å². The molecule has 15 heavy (non-hydrogen) atoms. The molecule has 1 aliphatic carbocycles. The molecule has 90 valence electrons. The van der Waals surface area contributed by atoms with E-state index in [-0.39, 0.29) is 18.4 Å². The molecule has 0 amide bonds. The second-order valence-corrected chi connectivity index (χ2v) is 4.89. The van der Waals surface area contributed by atoms with Crippen LogP contribution in [0.3, 0.4) is 0 Å². The van der Waals surface area contributed by atoms with Crippen molar-refractivity contribution in [2.24, 2.45) is 5.92 Å². The highest BCUT2D eigenvalue weighted by Crippen LogP contribution is 2.30. The first-order valence-electron chi connectivity index (χ1n) is 6.25. The summed E-state index contributed by atoms with van der Waals surface area (Å²) in [6.07, 6.45) is 9.08. The molecular weight excluding hydrogens is 213 g/mol. The molecule has 2 fully saturated rings. The van der Waals surface area contributed by atoms with Crippen LogP contribution in [0.5, 0.6) is 0 Å². The molecular formula is C12H23ClFN. The first-order valence-corrected chi connectivity index (χ1v) is 6.25. The topological polar surface area (TPSA) is 12.0 Å². The van der Waals surface area contributed by atoms with Gasteiger partial charge in [0.2, 0.25) is 0 Å². The first-order chi connectivity index (χ1) is 6.88. The highest BCUT2D eigenvalue weighted by atomic mass is 35.5. The summed E-state index contributed by atoms with van der Waals surface area (Å²) in [5, 5.41) is 3.39. The third kappa shape index (κ3) is 3.60. The van der Waals surface area contributed by atoms with E-state index < -0.39 is 6.17 Å². The molecule has 1 saturated heterocycles. The summed E-state index contributed by atoms with van der Waals surface area (Å²) in [6.45, 7) is 1.03. The number of nitrogens with one attached hydrogen (secondary N) is 1. The van der Waals surface area contributed by atoms with Crippen LogP contribution in [-0.2, 0) is 0 Å². The smallest absolute Gasteiger partial charge is 0.116 e. The molecule has 0 aromatic rings. The van der Waals surface area contributed by atoms with Crippen molar-refractivity contribution < 1.29 is 4.39 Å². The predicted molar refractivity (Wildman–Crippen MR) is 64.4 cm³/mol. The second kappa shape index (κ2) is 6.70. The van der Waals surface area contributed by atoms with Crippen LogP contribution in [0.2, 0.25) is 0 Å². The van der Waals surface area contributed by atoms with E-state index in [9.17, 15) is 4.39 Å². The lowest BCUT2D eigenvalue weighted by Crippen LogP contribution is -2.47. The van der Waals surface area contributed by atoms with Gasteiger partial charge >= 0.3 is 0 Å². The lowest BCUT2D eigenvalue weighted by atomic mass is 9.85. The van der Waals surface area contributed by atoms with Crippen molar-refractivity contribution in [2.75, 3.05) is 6.54 Å². The fraction of sp³-hybridized carbons (Fsp3) is 1.00. The van der Waals surface area contributed by atoms with Crippen molar-refractivity contribution >= 4 is 12.4 Å². The Kier molecular flexibility index (Phi) is 5.91. The zero-order chi connectivity index (χ0) is 9.80. The monoisotopic (exact) mass is 235 g/mol. The van der Waals surface area contributed by atoms with Crippen LogP contribution in [-0.4, -0.2) is 18.8 Å². The van der Waals surface area contributed by atoms with E-state index in [1.807, 2.05) is 0 Å². The highest BCUT2D eigenvalue weighted by Gasteiger charge is 2.31. The third-order valence-corrected chi connectivity index (χ3v) is 3.83. The van der Waals surface area contributed by atoms with Crippen molar-refractivity contribution in [2.45, 2.75) is 63.6 Å². The molecule has 1 saturated carbocycles. The second-order valence-electron chi connectivity index (χ2n) is 4.89. The molecule has 1 heterocycles. The van der Waals surface area contributed by atoms with Gasteiger partial charge in [-0.15, -0.1) is 12.4 Å². The van der Waals surface area contributed by atoms with Crippen LogP contribution < -0.4 is 5.32 Å². The summed E-state index contributed by atoms with van der Waals surface area (Å²) in [7, 11) is 0. The maximum absolute atomic E-state index is 13.7. The Morgan fingerprint density at radius 2 is 1.53 bits per heavy atom. The number of hydrogen-bond acceptors (Lipinski definition) is 1. The van der Waals surface area contributed by atoms with Gasteiger partial charge in [0.15, 0.2) is 0 Å². The molecule has 0 bridgehead atoms. The maximum Gasteiger partial charge on any atom is 0.116 e. The summed E-state index contributed by atoms with van der Waals surface area (Å²) < 4.78 is 13.7. The van der Waals surface area contributed by atoms with E-state index in [2.05, 4.69) is 5.32 Å². The predicted octanol–water partition coefficient (Wildman–Crippen LogP) is 3.47. The van der Waals surface area contributed by atoms with Crippen molar-refractivity contribution in [1.29, 1.82) is 0 Å². The number of piperidine rings is 1. The van der Waals surface area contributed by atoms with E-state index in [0.29, 0.717) is 5.92 Å². The molecule has 2 rings (SSSR count). The van der Waals surface area contributed by atoms with Gasteiger partial charge in [-0.3, -0.25) is 0 Å². The quantitative estimate of drug-likeness (QED) is 0.687. The fourth-order valence-electron chi connectivity index (χ4n) is 3.01. The Labute approximate surface area is 98.6 Å². The Balaban J connectivity index is 0.00000112. The molecule has 1 nitrogen and oxygen atoms in total. The van der Waals surface area contributed by atoms with Crippen LogP contribution in [0.4, 0.5) is 4.39 Å². The van der Waals surface area contributed by atoms with Crippen LogP contribution >= 0.6 is 12.4 Å². The van der Waals surface area contributed by atoms with Gasteiger partial charge in [-0.1, -0.05) is 25.7 Å². The average molecular weight is 236 g/mol. The van der Waals surface area contributed by atoms with Gasteiger partial charge in [0, 0.05) is 6.04 Å². The zero-order valence-corrected chi connectivity index (χ0v) is 10.2. The van der Waals surface area contributed by atoms with Gasteiger partial charge in [-0.25, -0.2) is 4.39 Å². The van der Waals surface area contributed by atoms with E-state index in [0.717, 1.165) is 19.4 Å². The van der Waals surface area contributed by atoms with Crippen LogP contribution in [0.15, 0.2) is 0 Å². The number of halogens is 2. The molecule has 1 aliphatic heterocycles. The largest absolute Gasteiger partial charge is 0.311 e. The van der Waals surface area contributed by atoms with Gasteiger partial charge < -0.3 is 5.32 Å². The number of alkyl halides is 1. The van der Waals surface area contributed by atoms with Gasteiger partial charge in [0.25, 0.3) is 0 Å². The minimum atomic E-state index is -0.577. The van der Waals surface area contributed by atoms with Gasteiger partial charge in [0.1, 0.15) is 6.17 Å². The number of rotatable bonds is 1. The maximum atomic E-state index is 13.7. The first kappa shape index (κ1) is 13.2. The molecule has 2 unspecified atom stereocenters. The van der Waals surface area contributed by atoms with Crippen molar-refractivity contribution in [3.8, 4) is 0 Å². The summed E-state index contributed by atoms with van der Waals surface area (Å²) >= 11 is 0. The molecule has 0 spiro atoms. The van der Waals surface area contributed by atoms with Crippen LogP contribution in [0.25, 0.3) is 0 Å². The van der Waals surface area contributed by atoms with Crippen molar-refractivity contribution in [3.63, 3.8) is 0 Å². The summed E-state index contributed by atoms with van der Waals surface area (Å²) in [4.78, 5) is 0. The minimum absolute atomic E-state index is 0. The van der Waals surface area contributed by atoms with E-state index in [4.69, 9.17) is 0 Å². The molecule has 3 heteroatoms. The lowest BCUT2D eigenvalue weighted by Gasteiger charge is -2.33. The van der Waals surface area contributed by atoms with Crippen molar-refractivity contribution in [3.05, 3.63) is 0 Å². The Bertz CT molecular complexity index is 169. The Morgan fingerprint density at radius 3 is 2.13 bits per heavy atom. The van der Waals surface area contributed by atoms with Crippen LogP contribution in [0, 0.1) is 5.92 Å². The normalized spacial score (nSPS) is 34.2. The summed E-state index contributed by atoms with van der Waals surface area (Å²) in [5.41, 5.74) is 0. The van der Waals surface area contributed by atoms with E-state index in [1.165, 1.54) is 38.5 Å². The third-order valence-electron chi connectivity index (χ3n) is 3.83. The Hall–Kier alpha value is 0.180. The van der Waals surface area contributed by atoms with Crippen LogP contribution in [0.1, 0.15) is 51.4 Å². The zero-order valence-electron chi connectivity index (χ0n) is 9.38. The highest BCUT2D eigenvalue weighted by molar-refractivity contribution is 5.85. The average Bonchev–Trinajstić information content (AvgIpc) is 2.47. The minimum Gasteiger partial charge on any atom is -0.311 e. The van der Waals surface area contributed by atoms with Crippen molar-refractivity contribution in [1.82, 2.24) is 5.32 Å². The summed E-state index contributed by atoms with van der Waals surface area (Å²) in [6, 6.07) is 0.182. The molecule has 0 aromatic carbocycles. The SMILES string of the molecule is Cl.FC1CCCNC1C1CCCCCC1. The fourth-order valence-corrected chi connectivity index (χ4v) is 3.01. The molecule has 2 aliphatic rings. The molecule has 1 N–H and O–H groups in total. The van der Waals surface area contributed by atoms with Gasteiger partial charge in [0.05, 0.1) is 0 Å². The Morgan fingerprint density at radius 1 is 0.867 bits per heavy atom. The molecule has 0 radical (unpaired) electrons. The lowest BCUT2D eigenvalue weighted by molar-refractivity contribution is 0.143. The van der Waals surface area contributed by atoms with E-state index in [1.54, 1.807) is 0 Å². The van der Waals surface area contributed by atoms with E-state index >= 15 is 0 Å². The van der Waals surface area contributed by atoms with Gasteiger partial charge in [-0.2, -0.15) is 0 Å². The summed E-state index contributed by atoms with van der Waals surface area (Å²) in [5.74, 6) is 0.618. The molecule has 0 aromatic heterocycles.